The van der Waals surface area contributed by atoms with E-state index in [-0.39, 0.29) is 5.91 Å². The zero-order valence-corrected chi connectivity index (χ0v) is 14.8. The minimum atomic E-state index is -0.0588. The Hall–Kier alpha value is -2.33. The fourth-order valence-corrected chi connectivity index (χ4v) is 2.62. The molecule has 0 fully saturated rings. The van der Waals surface area contributed by atoms with Crippen LogP contribution in [0.5, 0.6) is 5.75 Å². The van der Waals surface area contributed by atoms with E-state index in [1.54, 1.807) is 14.2 Å². The molecule has 2 aromatic rings. The Labute approximate surface area is 144 Å². The second kappa shape index (κ2) is 8.50. The smallest absolute Gasteiger partial charge is 0.251 e. The van der Waals surface area contributed by atoms with Crippen LogP contribution in [0.3, 0.4) is 0 Å². The summed E-state index contributed by atoms with van der Waals surface area (Å²) in [5.41, 5.74) is 3.06. The Kier molecular flexibility index (Phi) is 6.38. The van der Waals surface area contributed by atoms with E-state index in [4.69, 9.17) is 4.74 Å². The standard InChI is InChI=1S/C20H26N2O2/c1-14(17-8-10-19(24-4)11-9-17)15(2)22-13-16-6-5-7-18(12-16)20(23)21-3/h5-12,14-15,22H,13H2,1-4H3,(H,21,23)/t14-,15-/m1/s1. The zero-order chi connectivity index (χ0) is 17.5. The van der Waals surface area contributed by atoms with E-state index >= 15 is 0 Å². The number of carbonyl (C=O) groups excluding carboxylic acids is 1. The van der Waals surface area contributed by atoms with E-state index < -0.39 is 0 Å². The predicted molar refractivity (Wildman–Crippen MR) is 97.5 cm³/mol. The molecule has 2 atom stereocenters. The molecule has 0 aliphatic heterocycles. The Bertz CT molecular complexity index is 668. The van der Waals surface area contributed by atoms with Gasteiger partial charge in [0.2, 0.25) is 0 Å². The van der Waals surface area contributed by atoms with Gasteiger partial charge in [-0.15, -0.1) is 0 Å². The summed E-state index contributed by atoms with van der Waals surface area (Å²) in [7, 11) is 3.32. The van der Waals surface area contributed by atoms with Crippen LogP contribution in [0.1, 0.15) is 41.3 Å². The van der Waals surface area contributed by atoms with Crippen LogP contribution in [-0.4, -0.2) is 26.1 Å². The number of amides is 1. The molecule has 0 radical (unpaired) electrons. The molecule has 24 heavy (non-hydrogen) atoms. The monoisotopic (exact) mass is 326 g/mol. The molecular weight excluding hydrogens is 300 g/mol. The number of nitrogens with one attached hydrogen (secondary N) is 2. The molecule has 4 heteroatoms. The van der Waals surface area contributed by atoms with Gasteiger partial charge in [0, 0.05) is 25.2 Å². The van der Waals surface area contributed by atoms with Gasteiger partial charge in [-0.25, -0.2) is 0 Å². The van der Waals surface area contributed by atoms with E-state index in [0.717, 1.165) is 17.9 Å². The second-order valence-corrected chi connectivity index (χ2v) is 6.01. The topological polar surface area (TPSA) is 50.4 Å². The molecule has 4 nitrogen and oxygen atoms in total. The van der Waals surface area contributed by atoms with Gasteiger partial charge in [-0.1, -0.05) is 31.2 Å². The molecular formula is C20H26N2O2. The van der Waals surface area contributed by atoms with Crippen LogP contribution < -0.4 is 15.4 Å². The third kappa shape index (κ3) is 4.59. The molecule has 0 bridgehead atoms. The van der Waals surface area contributed by atoms with Crippen LogP contribution in [0.25, 0.3) is 0 Å². The van der Waals surface area contributed by atoms with Crippen molar-refractivity contribution in [3.8, 4) is 5.75 Å². The Balaban J connectivity index is 1.96. The van der Waals surface area contributed by atoms with E-state index in [2.05, 4.69) is 36.6 Å². The minimum Gasteiger partial charge on any atom is -0.497 e. The number of rotatable bonds is 7. The highest BCUT2D eigenvalue weighted by Gasteiger charge is 2.14. The van der Waals surface area contributed by atoms with Crippen molar-refractivity contribution < 1.29 is 9.53 Å². The van der Waals surface area contributed by atoms with Gasteiger partial charge in [-0.3, -0.25) is 4.79 Å². The summed E-state index contributed by atoms with van der Waals surface area (Å²) in [5.74, 6) is 1.19. The van der Waals surface area contributed by atoms with Crippen molar-refractivity contribution in [3.05, 3.63) is 65.2 Å². The van der Waals surface area contributed by atoms with Crippen molar-refractivity contribution in [3.63, 3.8) is 0 Å². The third-order valence-corrected chi connectivity index (χ3v) is 4.44. The zero-order valence-electron chi connectivity index (χ0n) is 14.8. The maximum atomic E-state index is 11.7. The van der Waals surface area contributed by atoms with Crippen LogP contribution in [0, 0.1) is 0 Å². The highest BCUT2D eigenvalue weighted by Crippen LogP contribution is 2.22. The number of hydrogen-bond acceptors (Lipinski definition) is 3. The van der Waals surface area contributed by atoms with Crippen LogP contribution in [0.2, 0.25) is 0 Å². The van der Waals surface area contributed by atoms with Gasteiger partial charge in [0.05, 0.1) is 7.11 Å². The van der Waals surface area contributed by atoms with Gasteiger partial charge in [-0.2, -0.15) is 0 Å². The van der Waals surface area contributed by atoms with E-state index in [0.29, 0.717) is 17.5 Å². The summed E-state index contributed by atoms with van der Waals surface area (Å²) in [6.45, 7) is 5.12. The summed E-state index contributed by atoms with van der Waals surface area (Å²) < 4.78 is 5.21. The lowest BCUT2D eigenvalue weighted by molar-refractivity contribution is 0.0963. The lowest BCUT2D eigenvalue weighted by atomic mass is 9.94. The lowest BCUT2D eigenvalue weighted by Gasteiger charge is -2.22. The highest BCUT2D eigenvalue weighted by atomic mass is 16.5. The molecule has 0 saturated heterocycles. The molecule has 0 aromatic heterocycles. The minimum absolute atomic E-state index is 0.0588. The van der Waals surface area contributed by atoms with E-state index in [1.807, 2.05) is 36.4 Å². The first-order chi connectivity index (χ1) is 11.5. The van der Waals surface area contributed by atoms with Gasteiger partial charge < -0.3 is 15.4 Å². The number of methoxy groups -OCH3 is 1. The number of hydrogen-bond donors (Lipinski definition) is 2. The van der Waals surface area contributed by atoms with Crippen molar-refractivity contribution in [1.29, 1.82) is 0 Å². The molecule has 128 valence electrons. The molecule has 0 aliphatic rings. The summed E-state index contributed by atoms with van der Waals surface area (Å²) >= 11 is 0. The first kappa shape index (κ1) is 18.0. The van der Waals surface area contributed by atoms with Gasteiger partial charge in [0.1, 0.15) is 5.75 Å². The van der Waals surface area contributed by atoms with Crippen LogP contribution in [0.4, 0.5) is 0 Å². The van der Waals surface area contributed by atoms with Gasteiger partial charge in [0.15, 0.2) is 0 Å². The Morgan fingerprint density at radius 2 is 1.83 bits per heavy atom. The molecule has 0 heterocycles. The maximum absolute atomic E-state index is 11.7. The number of benzene rings is 2. The highest BCUT2D eigenvalue weighted by molar-refractivity contribution is 5.94. The maximum Gasteiger partial charge on any atom is 0.251 e. The molecule has 0 unspecified atom stereocenters. The first-order valence-corrected chi connectivity index (χ1v) is 8.23. The molecule has 2 rings (SSSR count). The van der Waals surface area contributed by atoms with E-state index in [9.17, 15) is 4.79 Å². The number of carbonyl (C=O) groups is 1. The second-order valence-electron chi connectivity index (χ2n) is 6.01. The third-order valence-electron chi connectivity index (χ3n) is 4.44. The van der Waals surface area contributed by atoms with Crippen LogP contribution in [0.15, 0.2) is 48.5 Å². The molecule has 2 aromatic carbocycles. The predicted octanol–water partition coefficient (Wildman–Crippen LogP) is 3.34. The molecule has 0 spiro atoms. The Morgan fingerprint density at radius 3 is 2.46 bits per heavy atom. The fraction of sp³-hybridized carbons (Fsp3) is 0.350. The van der Waals surface area contributed by atoms with Crippen molar-refractivity contribution in [2.45, 2.75) is 32.4 Å². The SMILES string of the molecule is CNC(=O)c1cccc(CN[C@H](C)[C@@H](C)c2ccc(OC)cc2)c1. The summed E-state index contributed by atoms with van der Waals surface area (Å²) in [4.78, 5) is 11.7. The van der Waals surface area contributed by atoms with Crippen molar-refractivity contribution >= 4 is 5.91 Å². The average molecular weight is 326 g/mol. The normalized spacial score (nSPS) is 13.2. The largest absolute Gasteiger partial charge is 0.497 e. The molecule has 1 amide bonds. The van der Waals surface area contributed by atoms with Gasteiger partial charge in [-0.05, 0) is 48.2 Å². The average Bonchev–Trinajstić information content (AvgIpc) is 2.65. The van der Waals surface area contributed by atoms with E-state index in [1.165, 1.54) is 5.56 Å². The molecule has 2 N–H and O–H groups in total. The summed E-state index contributed by atoms with van der Waals surface area (Å²) in [5, 5.41) is 6.20. The van der Waals surface area contributed by atoms with Crippen LogP contribution >= 0.6 is 0 Å². The molecule has 0 saturated carbocycles. The summed E-state index contributed by atoms with van der Waals surface area (Å²) in [6.07, 6.45) is 0. The fourth-order valence-electron chi connectivity index (χ4n) is 2.62. The lowest BCUT2D eigenvalue weighted by Crippen LogP contribution is -2.30. The van der Waals surface area contributed by atoms with Gasteiger partial charge in [0.25, 0.3) is 5.91 Å². The van der Waals surface area contributed by atoms with Crippen molar-refractivity contribution in [2.24, 2.45) is 0 Å². The quantitative estimate of drug-likeness (QED) is 0.820. The van der Waals surface area contributed by atoms with Crippen LogP contribution in [-0.2, 0) is 6.54 Å². The van der Waals surface area contributed by atoms with Crippen molar-refractivity contribution in [1.82, 2.24) is 10.6 Å². The van der Waals surface area contributed by atoms with Crippen molar-refractivity contribution in [2.75, 3.05) is 14.2 Å². The molecule has 0 aliphatic carbocycles. The first-order valence-electron chi connectivity index (χ1n) is 8.23. The Morgan fingerprint density at radius 1 is 1.12 bits per heavy atom. The number of ether oxygens (including phenoxy) is 1. The summed E-state index contributed by atoms with van der Waals surface area (Å²) in [6, 6.07) is 16.2. The van der Waals surface area contributed by atoms with Gasteiger partial charge >= 0.3 is 0 Å².